The SMILES string of the molecule is Cc1ccc(NC(=O)[C@H](C)NC(=O)[C@@H]2Cc3ccccc3CN2C(=O)OC(C)(C)C)c(C)c1. The third-order valence-corrected chi connectivity index (χ3v) is 5.57. The fourth-order valence-electron chi connectivity index (χ4n) is 3.84. The quantitative estimate of drug-likeness (QED) is 0.732. The third kappa shape index (κ3) is 6.12. The predicted molar refractivity (Wildman–Crippen MR) is 128 cm³/mol. The van der Waals surface area contributed by atoms with Crippen LogP contribution in [-0.4, -0.2) is 40.5 Å². The van der Waals surface area contributed by atoms with Gasteiger partial charge in [0, 0.05) is 12.1 Å². The summed E-state index contributed by atoms with van der Waals surface area (Å²) in [5.41, 5.74) is 4.05. The first-order chi connectivity index (χ1) is 15.4. The summed E-state index contributed by atoms with van der Waals surface area (Å²) < 4.78 is 5.55. The predicted octanol–water partition coefficient (Wildman–Crippen LogP) is 4.11. The summed E-state index contributed by atoms with van der Waals surface area (Å²) in [6.07, 6.45) is -0.198. The zero-order valence-electron chi connectivity index (χ0n) is 20.2. The molecule has 2 aromatic carbocycles. The Labute approximate surface area is 195 Å². The number of fused-ring (bicyclic) bond motifs is 1. The lowest BCUT2D eigenvalue weighted by molar-refractivity contribution is -0.130. The van der Waals surface area contributed by atoms with Crippen LogP contribution < -0.4 is 10.6 Å². The van der Waals surface area contributed by atoms with Gasteiger partial charge in [-0.15, -0.1) is 0 Å². The van der Waals surface area contributed by atoms with Gasteiger partial charge in [0.1, 0.15) is 17.7 Å². The summed E-state index contributed by atoms with van der Waals surface area (Å²) >= 11 is 0. The highest BCUT2D eigenvalue weighted by molar-refractivity contribution is 5.98. The van der Waals surface area contributed by atoms with Crippen LogP contribution in [0.4, 0.5) is 10.5 Å². The lowest BCUT2D eigenvalue weighted by Crippen LogP contribution is -2.56. The molecule has 0 saturated carbocycles. The second kappa shape index (κ2) is 9.65. The molecule has 1 aliphatic heterocycles. The van der Waals surface area contributed by atoms with E-state index in [1.54, 1.807) is 27.7 Å². The smallest absolute Gasteiger partial charge is 0.411 e. The molecule has 1 aliphatic rings. The van der Waals surface area contributed by atoms with E-state index in [0.717, 1.165) is 22.3 Å². The maximum atomic E-state index is 13.2. The number of benzene rings is 2. The molecule has 0 unspecified atom stereocenters. The van der Waals surface area contributed by atoms with E-state index in [4.69, 9.17) is 4.74 Å². The summed E-state index contributed by atoms with van der Waals surface area (Å²) in [6, 6.07) is 11.9. The highest BCUT2D eigenvalue weighted by Gasteiger charge is 2.37. The number of carbonyl (C=O) groups is 3. The van der Waals surface area contributed by atoms with Crippen LogP contribution in [0, 0.1) is 13.8 Å². The van der Waals surface area contributed by atoms with Crippen molar-refractivity contribution in [1.29, 1.82) is 0 Å². The number of nitrogens with one attached hydrogen (secondary N) is 2. The molecule has 33 heavy (non-hydrogen) atoms. The molecule has 0 saturated heterocycles. The molecule has 0 aromatic heterocycles. The van der Waals surface area contributed by atoms with Gasteiger partial charge in [0.15, 0.2) is 0 Å². The van der Waals surface area contributed by atoms with Gasteiger partial charge in [-0.25, -0.2) is 4.79 Å². The molecule has 2 aromatic rings. The maximum absolute atomic E-state index is 13.2. The van der Waals surface area contributed by atoms with E-state index in [1.165, 1.54) is 4.90 Å². The molecule has 3 amide bonds. The highest BCUT2D eigenvalue weighted by Crippen LogP contribution is 2.25. The van der Waals surface area contributed by atoms with Gasteiger partial charge < -0.3 is 15.4 Å². The molecule has 7 nitrogen and oxygen atoms in total. The van der Waals surface area contributed by atoms with Gasteiger partial charge >= 0.3 is 6.09 Å². The number of hydrogen-bond donors (Lipinski definition) is 2. The number of carbonyl (C=O) groups excluding carboxylic acids is 3. The number of amides is 3. The van der Waals surface area contributed by atoms with Gasteiger partial charge in [-0.1, -0.05) is 42.0 Å². The summed E-state index contributed by atoms with van der Waals surface area (Å²) in [7, 11) is 0. The Hall–Kier alpha value is -3.35. The van der Waals surface area contributed by atoms with Crippen molar-refractivity contribution in [1.82, 2.24) is 10.2 Å². The van der Waals surface area contributed by atoms with E-state index in [9.17, 15) is 14.4 Å². The van der Waals surface area contributed by atoms with Crippen molar-refractivity contribution in [2.45, 2.75) is 72.2 Å². The molecule has 2 atom stereocenters. The summed E-state index contributed by atoms with van der Waals surface area (Å²) in [5.74, 6) is -0.714. The molecule has 2 N–H and O–H groups in total. The number of rotatable bonds is 4. The van der Waals surface area contributed by atoms with Gasteiger partial charge in [0.2, 0.25) is 11.8 Å². The summed E-state index contributed by atoms with van der Waals surface area (Å²) in [6.45, 7) is 11.2. The first-order valence-corrected chi connectivity index (χ1v) is 11.2. The number of anilines is 1. The second-order valence-electron chi connectivity index (χ2n) is 9.63. The molecule has 0 fully saturated rings. The number of hydrogen-bond acceptors (Lipinski definition) is 4. The number of ether oxygens (including phenoxy) is 1. The van der Waals surface area contributed by atoms with Crippen molar-refractivity contribution in [3.8, 4) is 0 Å². The van der Waals surface area contributed by atoms with Crippen LogP contribution in [0.2, 0.25) is 0 Å². The van der Waals surface area contributed by atoms with Crippen LogP contribution in [0.15, 0.2) is 42.5 Å². The van der Waals surface area contributed by atoms with E-state index >= 15 is 0 Å². The van der Waals surface area contributed by atoms with Crippen LogP contribution >= 0.6 is 0 Å². The van der Waals surface area contributed by atoms with Gasteiger partial charge in [-0.3, -0.25) is 14.5 Å². The molecule has 176 valence electrons. The van der Waals surface area contributed by atoms with Crippen molar-refractivity contribution in [3.05, 3.63) is 64.7 Å². The lowest BCUT2D eigenvalue weighted by atomic mass is 9.93. The average molecular weight is 452 g/mol. The summed E-state index contributed by atoms with van der Waals surface area (Å²) in [5, 5.41) is 5.65. The fourth-order valence-corrected chi connectivity index (χ4v) is 3.84. The monoisotopic (exact) mass is 451 g/mol. The van der Waals surface area contributed by atoms with E-state index in [2.05, 4.69) is 10.6 Å². The van der Waals surface area contributed by atoms with E-state index < -0.39 is 29.7 Å². The van der Waals surface area contributed by atoms with Gasteiger partial charge in [-0.2, -0.15) is 0 Å². The minimum Gasteiger partial charge on any atom is -0.444 e. The van der Waals surface area contributed by atoms with E-state index in [0.29, 0.717) is 12.1 Å². The zero-order valence-corrected chi connectivity index (χ0v) is 20.2. The lowest BCUT2D eigenvalue weighted by Gasteiger charge is -2.37. The van der Waals surface area contributed by atoms with E-state index in [-0.39, 0.29) is 12.5 Å². The molecule has 0 bridgehead atoms. The van der Waals surface area contributed by atoms with Crippen LogP contribution in [-0.2, 0) is 27.3 Å². The minimum atomic E-state index is -0.782. The van der Waals surface area contributed by atoms with Crippen LogP contribution in [0.3, 0.4) is 0 Å². The largest absolute Gasteiger partial charge is 0.444 e. The first-order valence-electron chi connectivity index (χ1n) is 11.2. The molecule has 7 heteroatoms. The number of aryl methyl sites for hydroxylation is 2. The van der Waals surface area contributed by atoms with Gasteiger partial charge in [-0.05, 0) is 64.3 Å². The summed E-state index contributed by atoms with van der Waals surface area (Å²) in [4.78, 5) is 40.3. The van der Waals surface area contributed by atoms with E-state index in [1.807, 2.05) is 56.3 Å². The Kier molecular flexibility index (Phi) is 7.10. The normalized spacial score (nSPS) is 16.4. The topological polar surface area (TPSA) is 87.7 Å². The first kappa shape index (κ1) is 24.3. The Morgan fingerprint density at radius 3 is 2.36 bits per heavy atom. The van der Waals surface area contributed by atoms with Crippen molar-refractivity contribution in [3.63, 3.8) is 0 Å². The maximum Gasteiger partial charge on any atom is 0.411 e. The van der Waals surface area contributed by atoms with Crippen LogP contribution in [0.5, 0.6) is 0 Å². The minimum absolute atomic E-state index is 0.270. The van der Waals surface area contributed by atoms with Gasteiger partial charge in [0.25, 0.3) is 0 Å². The molecule has 1 heterocycles. The zero-order chi connectivity index (χ0) is 24.3. The van der Waals surface area contributed by atoms with Gasteiger partial charge in [0.05, 0.1) is 6.54 Å². The fraction of sp³-hybridized carbons (Fsp3) is 0.423. The molecule has 0 radical (unpaired) electrons. The van der Waals surface area contributed by atoms with Crippen LogP contribution in [0.1, 0.15) is 49.9 Å². The molecule has 3 rings (SSSR count). The third-order valence-electron chi connectivity index (χ3n) is 5.57. The number of nitrogens with zero attached hydrogens (tertiary/aromatic N) is 1. The Morgan fingerprint density at radius 2 is 1.73 bits per heavy atom. The van der Waals surface area contributed by atoms with Crippen molar-refractivity contribution < 1.29 is 19.1 Å². The van der Waals surface area contributed by atoms with Crippen molar-refractivity contribution in [2.24, 2.45) is 0 Å². The molecule has 0 spiro atoms. The Morgan fingerprint density at radius 1 is 1.06 bits per heavy atom. The second-order valence-corrected chi connectivity index (χ2v) is 9.63. The van der Waals surface area contributed by atoms with Crippen LogP contribution in [0.25, 0.3) is 0 Å². The average Bonchev–Trinajstić information content (AvgIpc) is 2.73. The highest BCUT2D eigenvalue weighted by atomic mass is 16.6. The molecule has 0 aliphatic carbocycles. The molecular formula is C26H33N3O4. The van der Waals surface area contributed by atoms with Crippen molar-refractivity contribution >= 4 is 23.6 Å². The van der Waals surface area contributed by atoms with Crippen molar-refractivity contribution in [2.75, 3.05) is 5.32 Å². The molecular weight excluding hydrogens is 418 g/mol. The Bertz CT molecular complexity index is 1060. The Balaban J connectivity index is 1.74. The standard InChI is InChI=1S/C26H33N3O4/c1-16-11-12-21(17(2)13-16)28-23(30)18(3)27-24(31)22-14-19-9-7-8-10-20(19)15-29(22)25(32)33-26(4,5)6/h7-13,18,22H,14-15H2,1-6H3,(H,27,31)(H,28,30)/t18-,22-/m0/s1.